The topological polar surface area (TPSA) is 54.4 Å². The van der Waals surface area contributed by atoms with Gasteiger partial charge >= 0.3 is 13.4 Å². The van der Waals surface area contributed by atoms with Crippen molar-refractivity contribution in [2.24, 2.45) is 0 Å². The van der Waals surface area contributed by atoms with E-state index in [-0.39, 0.29) is 13.4 Å². The van der Waals surface area contributed by atoms with E-state index in [4.69, 9.17) is 43.3 Å². The van der Waals surface area contributed by atoms with Crippen molar-refractivity contribution < 1.29 is 14.7 Å². The number of allylic oxidation sites excluding steroid dienone is 1. The Balaban J connectivity index is 0.000000982. The van der Waals surface area contributed by atoms with Crippen LogP contribution in [0.3, 0.4) is 0 Å². The first-order valence-electron chi connectivity index (χ1n) is 4.77. The minimum atomic E-state index is -1.09. The molecule has 0 heterocycles. The fraction of sp³-hybridized carbons (Fsp3) is 0.0909. The quantitative estimate of drug-likeness (QED) is 0.224. The van der Waals surface area contributed by atoms with Gasteiger partial charge < -0.3 is 5.11 Å². The zero-order valence-electron chi connectivity index (χ0n) is 9.66. The van der Waals surface area contributed by atoms with Crippen molar-refractivity contribution >= 4 is 72.9 Å². The fourth-order valence-corrected chi connectivity index (χ4v) is 1.52. The third kappa shape index (κ3) is 6.67. The molecule has 0 saturated heterocycles. The number of carbonyl (C=O) groups is 2. The molecule has 0 unspecified atom stereocenters. The van der Waals surface area contributed by atoms with Gasteiger partial charge in [0.15, 0.2) is 0 Å². The Kier molecular flexibility index (Phi) is 9.55. The lowest BCUT2D eigenvalue weighted by atomic mass is 10.1. The van der Waals surface area contributed by atoms with Gasteiger partial charge in [0.1, 0.15) is 11.3 Å². The van der Waals surface area contributed by atoms with E-state index in [1.165, 1.54) is 0 Å². The highest BCUT2D eigenvalue weighted by Gasteiger charge is 2.20. The first-order chi connectivity index (χ1) is 8.84. The maximum Gasteiger partial charge on any atom is 0.495 e. The molecule has 0 aliphatic carbocycles. The van der Waals surface area contributed by atoms with E-state index in [2.05, 4.69) is 0 Å². The monoisotopic (exact) mass is 355 g/mol. The van der Waals surface area contributed by atoms with E-state index in [1.807, 2.05) is 6.92 Å². The Morgan fingerprint density at radius 1 is 1.05 bits per heavy atom. The highest BCUT2D eigenvalue weighted by atomic mass is 35.7. The molecule has 1 N–H and O–H groups in total. The minimum absolute atomic E-state index is 0.306. The van der Waals surface area contributed by atoms with Gasteiger partial charge in [0, 0.05) is 5.56 Å². The molecule has 19 heavy (non-hydrogen) atoms. The van der Waals surface area contributed by atoms with Crippen molar-refractivity contribution in [1.82, 2.24) is 0 Å². The maximum absolute atomic E-state index is 10.9. The largest absolute Gasteiger partial charge is 0.506 e. The summed E-state index contributed by atoms with van der Waals surface area (Å²) in [5, 5.41) is 7.51. The molecule has 0 amide bonds. The lowest BCUT2D eigenvalue weighted by Crippen LogP contribution is -2.05. The van der Waals surface area contributed by atoms with Crippen LogP contribution in [0.5, 0.6) is 0 Å². The Morgan fingerprint density at radius 3 is 1.74 bits per heavy atom. The number of aliphatic hydroxyl groups is 1. The van der Waals surface area contributed by atoms with E-state index < -0.39 is 21.8 Å². The number of rotatable bonds is 3. The van der Waals surface area contributed by atoms with Crippen molar-refractivity contribution in [2.75, 3.05) is 0 Å². The van der Waals surface area contributed by atoms with E-state index in [9.17, 15) is 14.7 Å². The van der Waals surface area contributed by atoms with Crippen LogP contribution < -0.4 is 0 Å². The van der Waals surface area contributed by atoms with E-state index in [0.29, 0.717) is 5.56 Å². The second-order valence-corrected chi connectivity index (χ2v) is 6.05. The summed E-state index contributed by atoms with van der Waals surface area (Å²) in [6.45, 7) is 1.87. The number of halogens is 4. The molecule has 0 saturated carbocycles. The molecular weight excluding hydrogens is 349 g/mol. The van der Waals surface area contributed by atoms with Gasteiger partial charge in [-0.1, -0.05) is 29.8 Å². The molecule has 1 radical (unpaired) electrons. The SMILES string of the molecule is Cc1ccc(C(O)=C(C(=O)Cl)C(=O)Cl)cc1.[Cl][Al][Cl]. The van der Waals surface area contributed by atoms with Crippen molar-refractivity contribution in [3.05, 3.63) is 41.0 Å². The van der Waals surface area contributed by atoms with Gasteiger partial charge in [0.2, 0.25) is 0 Å². The van der Waals surface area contributed by atoms with E-state index in [0.717, 1.165) is 5.56 Å². The smallest absolute Gasteiger partial charge is 0.495 e. The molecule has 0 aromatic heterocycles. The van der Waals surface area contributed by atoms with Crippen LogP contribution in [0.2, 0.25) is 0 Å². The maximum atomic E-state index is 10.9. The third-order valence-corrected chi connectivity index (χ3v) is 2.33. The molecule has 1 aromatic rings. The Bertz CT molecular complexity index is 469. The number of carbonyl (C=O) groups excluding carboxylic acids is 2. The van der Waals surface area contributed by atoms with Gasteiger partial charge in [-0.05, 0) is 30.1 Å². The number of hydrogen-bond donors (Lipinski definition) is 1. The van der Waals surface area contributed by atoms with Crippen LogP contribution in [-0.4, -0.2) is 29.0 Å². The Labute approximate surface area is 135 Å². The number of aliphatic hydroxyl groups excluding tert-OH is 1. The molecule has 1 aromatic carbocycles. The van der Waals surface area contributed by atoms with Crippen LogP contribution >= 0.6 is 43.3 Å². The Hall–Kier alpha value is -0.208. The van der Waals surface area contributed by atoms with Crippen molar-refractivity contribution in [1.29, 1.82) is 0 Å². The lowest BCUT2D eigenvalue weighted by molar-refractivity contribution is -0.113. The first kappa shape index (κ1) is 18.8. The van der Waals surface area contributed by atoms with Gasteiger partial charge in [0.05, 0.1) is 0 Å². The van der Waals surface area contributed by atoms with Crippen LogP contribution in [0.15, 0.2) is 29.8 Å². The summed E-state index contributed by atoms with van der Waals surface area (Å²) in [6, 6.07) is 6.57. The number of aryl methyl sites for hydroxylation is 1. The molecule has 1 rings (SSSR count). The predicted octanol–water partition coefficient (Wildman–Crippen LogP) is 3.79. The second kappa shape index (κ2) is 9.66. The molecule has 0 bridgehead atoms. The van der Waals surface area contributed by atoms with Crippen LogP contribution in [0, 0.1) is 6.92 Å². The van der Waals surface area contributed by atoms with Crippen molar-refractivity contribution in [3.63, 3.8) is 0 Å². The standard InChI is InChI=1S/C11H8Cl2O3.Al.2ClH/c1-6-2-4-7(5-3-6)9(14)8(10(12)15)11(13)16;;;/h2-5,14H,1H3;;2*1H/q;+2;;/p-2. The molecule has 101 valence electrons. The zero-order valence-corrected chi connectivity index (χ0v) is 13.8. The van der Waals surface area contributed by atoms with Crippen LogP contribution in [0.25, 0.3) is 5.76 Å². The minimum Gasteiger partial charge on any atom is -0.506 e. The molecule has 0 spiro atoms. The molecule has 0 aliphatic heterocycles. The summed E-state index contributed by atoms with van der Waals surface area (Å²) in [7, 11) is 9.69. The number of benzene rings is 1. The molecule has 0 aliphatic rings. The van der Waals surface area contributed by atoms with E-state index >= 15 is 0 Å². The molecule has 3 nitrogen and oxygen atoms in total. The first-order valence-corrected chi connectivity index (χ1v) is 9.02. The van der Waals surface area contributed by atoms with Crippen LogP contribution in [0.1, 0.15) is 11.1 Å². The van der Waals surface area contributed by atoms with Gasteiger partial charge in [-0.2, -0.15) is 0 Å². The summed E-state index contributed by atoms with van der Waals surface area (Å²) >= 11 is 10.00. The van der Waals surface area contributed by atoms with Crippen molar-refractivity contribution in [3.8, 4) is 0 Å². The van der Waals surface area contributed by atoms with Gasteiger partial charge in [-0.3, -0.25) is 9.59 Å². The van der Waals surface area contributed by atoms with Crippen molar-refractivity contribution in [2.45, 2.75) is 6.92 Å². The fourth-order valence-electron chi connectivity index (χ4n) is 1.12. The lowest BCUT2D eigenvalue weighted by Gasteiger charge is -2.03. The Morgan fingerprint density at radius 2 is 1.42 bits per heavy atom. The summed E-state index contributed by atoms with van der Waals surface area (Å²) in [5.74, 6) is -0.514. The van der Waals surface area contributed by atoms with Crippen LogP contribution in [0.4, 0.5) is 0 Å². The normalized spacial score (nSPS) is 8.89. The molecular formula is C11H8AlCl4O3. The summed E-state index contributed by atoms with van der Waals surface area (Å²) < 4.78 is 0. The van der Waals surface area contributed by atoms with Crippen LogP contribution in [-0.2, 0) is 9.59 Å². The molecule has 0 fully saturated rings. The number of hydrogen-bond acceptors (Lipinski definition) is 3. The second-order valence-electron chi connectivity index (χ2n) is 3.22. The van der Waals surface area contributed by atoms with Gasteiger partial charge in [0.25, 0.3) is 10.5 Å². The van der Waals surface area contributed by atoms with E-state index in [1.54, 1.807) is 24.3 Å². The summed E-state index contributed by atoms with van der Waals surface area (Å²) in [6.07, 6.45) is 0. The highest BCUT2D eigenvalue weighted by Crippen LogP contribution is 2.20. The summed E-state index contributed by atoms with van der Waals surface area (Å²) in [4.78, 5) is 21.8. The average Bonchev–Trinajstić information content (AvgIpc) is 2.29. The molecule has 8 heteroatoms. The van der Waals surface area contributed by atoms with Gasteiger partial charge in [-0.25, -0.2) is 20.1 Å². The zero-order chi connectivity index (χ0) is 15.0. The van der Waals surface area contributed by atoms with Gasteiger partial charge in [-0.15, -0.1) is 0 Å². The third-order valence-electron chi connectivity index (χ3n) is 1.95. The average molecular weight is 357 g/mol. The predicted molar refractivity (Wildman–Crippen MR) is 79.9 cm³/mol. The summed E-state index contributed by atoms with van der Waals surface area (Å²) in [5.41, 5.74) is 0.670. The molecule has 0 atom stereocenters. The highest BCUT2D eigenvalue weighted by molar-refractivity contribution is 7.22.